The van der Waals surface area contributed by atoms with Crippen molar-refractivity contribution >= 4 is 17.8 Å². The van der Waals surface area contributed by atoms with Crippen LogP contribution in [0.5, 0.6) is 11.5 Å². The van der Waals surface area contributed by atoms with Gasteiger partial charge in [0.15, 0.2) is 11.5 Å². The van der Waals surface area contributed by atoms with Gasteiger partial charge in [-0.3, -0.25) is 14.5 Å². The molecule has 0 radical (unpaired) electrons. The minimum Gasteiger partial charge on any atom is -0.454 e. The quantitative estimate of drug-likeness (QED) is 0.664. The topological polar surface area (TPSA) is 88.2 Å². The molecule has 1 atom stereocenters. The van der Waals surface area contributed by atoms with Gasteiger partial charge in [-0.25, -0.2) is 4.79 Å². The van der Waals surface area contributed by atoms with E-state index in [1.54, 1.807) is 0 Å². The van der Waals surface area contributed by atoms with Gasteiger partial charge < -0.3 is 19.7 Å². The summed E-state index contributed by atoms with van der Waals surface area (Å²) in [4.78, 5) is 42.5. The molecule has 1 N–H and O–H groups in total. The van der Waals surface area contributed by atoms with E-state index in [0.717, 1.165) is 18.4 Å². The van der Waals surface area contributed by atoms with Gasteiger partial charge in [-0.15, -0.1) is 0 Å². The summed E-state index contributed by atoms with van der Waals surface area (Å²) in [6, 6.07) is 5.14. The number of benzene rings is 1. The second-order valence-electron chi connectivity index (χ2n) is 9.84. The summed E-state index contributed by atoms with van der Waals surface area (Å²) in [5, 5.41) is 3.04. The number of urea groups is 1. The lowest BCUT2D eigenvalue weighted by Gasteiger charge is -2.40. The molecule has 1 aromatic carbocycles. The number of hydrogen-bond acceptors (Lipinski definition) is 5. The summed E-state index contributed by atoms with van der Waals surface area (Å²) in [5.74, 6) is 1.96. The monoisotopic (exact) mass is 455 g/mol. The number of rotatable bonds is 6. The summed E-state index contributed by atoms with van der Waals surface area (Å²) in [7, 11) is 0. The average Bonchev–Trinajstić information content (AvgIpc) is 3.56. The lowest BCUT2D eigenvalue weighted by molar-refractivity contribution is -0.136. The van der Waals surface area contributed by atoms with Crippen LogP contribution in [0.15, 0.2) is 18.2 Å². The Hall–Kier alpha value is -2.77. The van der Waals surface area contributed by atoms with E-state index in [1.165, 1.54) is 30.6 Å². The van der Waals surface area contributed by atoms with Crippen LogP contribution in [-0.2, 0) is 16.1 Å². The lowest BCUT2D eigenvalue weighted by Crippen LogP contribution is -2.56. The van der Waals surface area contributed by atoms with E-state index in [4.69, 9.17) is 9.47 Å². The molecule has 33 heavy (non-hydrogen) atoms. The Morgan fingerprint density at radius 2 is 1.82 bits per heavy atom. The van der Waals surface area contributed by atoms with Gasteiger partial charge in [0.1, 0.15) is 5.54 Å². The van der Waals surface area contributed by atoms with E-state index in [2.05, 4.69) is 5.32 Å². The van der Waals surface area contributed by atoms with E-state index in [9.17, 15) is 14.4 Å². The van der Waals surface area contributed by atoms with Crippen molar-refractivity contribution in [3.05, 3.63) is 23.8 Å². The molecule has 0 aromatic heterocycles. The summed E-state index contributed by atoms with van der Waals surface area (Å²) in [6.45, 7) is 3.65. The first kappa shape index (κ1) is 22.0. The van der Waals surface area contributed by atoms with Gasteiger partial charge in [0.25, 0.3) is 5.91 Å². The van der Waals surface area contributed by atoms with Crippen molar-refractivity contribution in [1.82, 2.24) is 15.1 Å². The zero-order valence-electron chi connectivity index (χ0n) is 19.3. The van der Waals surface area contributed by atoms with Crippen LogP contribution in [0.4, 0.5) is 4.79 Å². The van der Waals surface area contributed by atoms with Crippen LogP contribution in [-0.4, -0.2) is 53.1 Å². The maximum absolute atomic E-state index is 13.6. The molecule has 1 saturated carbocycles. The standard InChI is InChI=1S/C25H33N3O5/c1-2-25(19-9-11-27(12-10-19)22(29)14-17-5-3-4-6-17)23(30)28(24(31)26-25)15-18-7-8-20-21(13-18)33-16-32-20/h7-8,13,17,19H,2-6,9-12,14-16H2,1H3,(H,26,31)/t25-/m0/s1. The predicted octanol–water partition coefficient (Wildman–Crippen LogP) is 3.43. The number of nitrogens with one attached hydrogen (secondary N) is 1. The zero-order chi connectivity index (χ0) is 23.0. The Kier molecular flexibility index (Phi) is 5.93. The van der Waals surface area contributed by atoms with E-state index < -0.39 is 5.54 Å². The van der Waals surface area contributed by atoms with Crippen LogP contribution in [0, 0.1) is 11.8 Å². The van der Waals surface area contributed by atoms with E-state index >= 15 is 0 Å². The molecule has 8 heteroatoms. The molecule has 1 aliphatic carbocycles. The van der Waals surface area contributed by atoms with E-state index in [-0.39, 0.29) is 37.1 Å². The lowest BCUT2D eigenvalue weighted by atomic mass is 9.75. The summed E-state index contributed by atoms with van der Waals surface area (Å²) < 4.78 is 10.8. The average molecular weight is 456 g/mol. The predicted molar refractivity (Wildman–Crippen MR) is 121 cm³/mol. The second-order valence-corrected chi connectivity index (χ2v) is 9.84. The molecule has 4 amide bonds. The Labute approximate surface area is 194 Å². The fourth-order valence-corrected chi connectivity index (χ4v) is 6.03. The van der Waals surface area contributed by atoms with Crippen molar-refractivity contribution in [2.45, 2.75) is 70.4 Å². The number of piperidine rings is 1. The first-order valence-electron chi connectivity index (χ1n) is 12.3. The minimum absolute atomic E-state index is 0.0243. The van der Waals surface area contributed by atoms with Crippen LogP contribution in [0.1, 0.15) is 63.9 Å². The maximum Gasteiger partial charge on any atom is 0.325 e. The van der Waals surface area contributed by atoms with Gasteiger partial charge in [0.2, 0.25) is 12.7 Å². The highest BCUT2D eigenvalue weighted by Gasteiger charge is 2.55. The number of nitrogens with zero attached hydrogens (tertiary/aromatic N) is 2. The molecule has 0 unspecified atom stereocenters. The van der Waals surface area contributed by atoms with Gasteiger partial charge in [-0.1, -0.05) is 25.8 Å². The number of carbonyl (C=O) groups excluding carboxylic acids is 3. The smallest absolute Gasteiger partial charge is 0.325 e. The molecular weight excluding hydrogens is 422 g/mol. The van der Waals surface area contributed by atoms with E-state index in [1.807, 2.05) is 30.0 Å². The highest BCUT2D eigenvalue weighted by molar-refractivity contribution is 6.07. The minimum atomic E-state index is -0.895. The highest BCUT2D eigenvalue weighted by Crippen LogP contribution is 2.38. The molecule has 2 saturated heterocycles. The molecule has 3 heterocycles. The third-order valence-electron chi connectivity index (χ3n) is 8.02. The van der Waals surface area contributed by atoms with Crippen LogP contribution in [0.2, 0.25) is 0 Å². The third kappa shape index (κ3) is 4.04. The summed E-state index contributed by atoms with van der Waals surface area (Å²) >= 11 is 0. The summed E-state index contributed by atoms with van der Waals surface area (Å²) in [5.41, 5.74) is -0.0735. The SMILES string of the molecule is CC[C@@]1(C2CCN(C(=O)CC3CCCC3)CC2)NC(=O)N(Cc2ccc3c(c2)OCO3)C1=O. The van der Waals surface area contributed by atoms with Crippen molar-refractivity contribution in [2.75, 3.05) is 19.9 Å². The van der Waals surface area contributed by atoms with Crippen LogP contribution >= 0.6 is 0 Å². The van der Waals surface area contributed by atoms with Crippen molar-refractivity contribution in [3.8, 4) is 11.5 Å². The molecule has 4 aliphatic rings. The van der Waals surface area contributed by atoms with E-state index in [0.29, 0.717) is 43.3 Å². The summed E-state index contributed by atoms with van der Waals surface area (Å²) in [6.07, 6.45) is 7.47. The first-order valence-corrected chi connectivity index (χ1v) is 12.3. The normalized spacial score (nSPS) is 25.7. The molecular formula is C25H33N3O5. The number of imide groups is 1. The molecule has 0 bridgehead atoms. The molecule has 0 spiro atoms. The van der Waals surface area contributed by atoms with Crippen molar-refractivity contribution in [2.24, 2.45) is 11.8 Å². The molecule has 178 valence electrons. The number of ether oxygens (including phenoxy) is 2. The molecule has 5 rings (SSSR count). The Balaban J connectivity index is 1.23. The van der Waals surface area contributed by atoms with Crippen molar-refractivity contribution in [3.63, 3.8) is 0 Å². The number of likely N-dealkylation sites (tertiary alicyclic amines) is 1. The van der Waals surface area contributed by atoms with Crippen LogP contribution in [0.25, 0.3) is 0 Å². The largest absolute Gasteiger partial charge is 0.454 e. The van der Waals surface area contributed by atoms with Crippen molar-refractivity contribution in [1.29, 1.82) is 0 Å². The van der Waals surface area contributed by atoms with Gasteiger partial charge >= 0.3 is 6.03 Å². The third-order valence-corrected chi connectivity index (χ3v) is 8.02. The van der Waals surface area contributed by atoms with Gasteiger partial charge in [-0.2, -0.15) is 0 Å². The Morgan fingerprint density at radius 1 is 1.09 bits per heavy atom. The van der Waals surface area contributed by atoms with Gasteiger partial charge in [-0.05, 0) is 61.6 Å². The molecule has 1 aromatic rings. The first-order chi connectivity index (χ1) is 16.0. The molecule has 8 nitrogen and oxygen atoms in total. The van der Waals surface area contributed by atoms with Gasteiger partial charge in [0.05, 0.1) is 6.54 Å². The van der Waals surface area contributed by atoms with Crippen LogP contribution < -0.4 is 14.8 Å². The number of hydrogen-bond donors (Lipinski definition) is 1. The number of fused-ring (bicyclic) bond motifs is 1. The Bertz CT molecular complexity index is 936. The second kappa shape index (κ2) is 8.88. The van der Waals surface area contributed by atoms with Crippen molar-refractivity contribution < 1.29 is 23.9 Å². The Morgan fingerprint density at radius 3 is 2.55 bits per heavy atom. The zero-order valence-corrected chi connectivity index (χ0v) is 19.3. The van der Waals surface area contributed by atoms with Gasteiger partial charge in [0, 0.05) is 19.5 Å². The number of carbonyl (C=O) groups is 3. The van der Waals surface area contributed by atoms with Crippen LogP contribution in [0.3, 0.4) is 0 Å². The number of amides is 4. The highest BCUT2D eigenvalue weighted by atomic mass is 16.7. The fourth-order valence-electron chi connectivity index (χ4n) is 6.03. The fraction of sp³-hybridized carbons (Fsp3) is 0.640. The maximum atomic E-state index is 13.6. The molecule has 3 fully saturated rings. The molecule has 3 aliphatic heterocycles.